The van der Waals surface area contributed by atoms with E-state index in [4.69, 9.17) is 28.9 Å². The van der Waals surface area contributed by atoms with Crippen molar-refractivity contribution >= 4 is 39.9 Å². The second-order valence-electron chi connectivity index (χ2n) is 4.19. The first-order valence-electron chi connectivity index (χ1n) is 5.51. The van der Waals surface area contributed by atoms with Crippen LogP contribution in [-0.2, 0) is 0 Å². The van der Waals surface area contributed by atoms with Gasteiger partial charge in [-0.3, -0.25) is 0 Å². The summed E-state index contributed by atoms with van der Waals surface area (Å²) in [6, 6.07) is 8.80. The highest BCUT2D eigenvalue weighted by atomic mass is 35.5. The molecule has 0 atom stereocenters. The summed E-state index contributed by atoms with van der Waals surface area (Å²) in [5.74, 6) is 0. The highest BCUT2D eigenvalue weighted by Gasteiger charge is 2.08. The number of aromatic amines is 2. The van der Waals surface area contributed by atoms with E-state index in [1.807, 2.05) is 12.1 Å². The molecule has 2 aromatic carbocycles. The van der Waals surface area contributed by atoms with Crippen molar-refractivity contribution in [3.05, 3.63) is 50.9 Å². The molecule has 0 radical (unpaired) electrons. The number of rotatable bonds is 1. The zero-order valence-corrected chi connectivity index (χ0v) is 11.1. The number of nitrogens with one attached hydrogen (secondary N) is 2. The largest absolute Gasteiger partial charge is 0.398 e. The predicted molar refractivity (Wildman–Crippen MR) is 78.8 cm³/mol. The Balaban J connectivity index is 2.25. The van der Waals surface area contributed by atoms with Crippen molar-refractivity contribution < 1.29 is 0 Å². The number of hydrogen-bond acceptors (Lipinski definition) is 2. The lowest BCUT2D eigenvalue weighted by molar-refractivity contribution is 1.22. The van der Waals surface area contributed by atoms with E-state index in [0.717, 1.165) is 11.1 Å². The van der Waals surface area contributed by atoms with Gasteiger partial charge in [0.2, 0.25) is 0 Å². The van der Waals surface area contributed by atoms with Crippen LogP contribution in [0.5, 0.6) is 0 Å². The van der Waals surface area contributed by atoms with Gasteiger partial charge in [0.1, 0.15) is 0 Å². The Morgan fingerprint density at radius 3 is 2.32 bits per heavy atom. The highest BCUT2D eigenvalue weighted by molar-refractivity contribution is 6.42. The Hall–Kier alpha value is -1.91. The number of fused-ring (bicyclic) bond motifs is 1. The number of hydrogen-bond donors (Lipinski definition) is 3. The molecule has 4 nitrogen and oxygen atoms in total. The molecule has 0 saturated heterocycles. The average molecular weight is 294 g/mol. The Morgan fingerprint density at radius 2 is 1.63 bits per heavy atom. The van der Waals surface area contributed by atoms with Gasteiger partial charge >= 0.3 is 5.69 Å². The molecule has 6 heteroatoms. The first-order chi connectivity index (χ1) is 9.04. The van der Waals surface area contributed by atoms with Gasteiger partial charge in [-0.15, -0.1) is 0 Å². The summed E-state index contributed by atoms with van der Waals surface area (Å²) < 4.78 is 0. The molecule has 0 bridgehead atoms. The fourth-order valence-electron chi connectivity index (χ4n) is 2.01. The van der Waals surface area contributed by atoms with Crippen LogP contribution >= 0.6 is 23.2 Å². The van der Waals surface area contributed by atoms with Gasteiger partial charge in [0, 0.05) is 11.3 Å². The fourth-order valence-corrected chi connectivity index (χ4v) is 2.31. The monoisotopic (exact) mass is 293 g/mol. The molecule has 96 valence electrons. The fraction of sp³-hybridized carbons (Fsp3) is 0. The van der Waals surface area contributed by atoms with Gasteiger partial charge in [-0.05, 0) is 29.8 Å². The van der Waals surface area contributed by atoms with E-state index in [2.05, 4.69) is 9.97 Å². The summed E-state index contributed by atoms with van der Waals surface area (Å²) in [4.78, 5) is 16.6. The molecule has 0 unspecified atom stereocenters. The molecule has 0 saturated carbocycles. The van der Waals surface area contributed by atoms with Crippen LogP contribution in [0.2, 0.25) is 10.0 Å². The highest BCUT2D eigenvalue weighted by Crippen LogP contribution is 2.33. The molecule has 3 aromatic rings. The molecule has 4 N–H and O–H groups in total. The quantitative estimate of drug-likeness (QED) is 0.602. The lowest BCUT2D eigenvalue weighted by atomic mass is 10.0. The van der Waals surface area contributed by atoms with Crippen LogP contribution in [0.1, 0.15) is 0 Å². The van der Waals surface area contributed by atoms with E-state index >= 15 is 0 Å². The molecule has 1 aromatic heterocycles. The van der Waals surface area contributed by atoms with Crippen LogP contribution in [0.15, 0.2) is 35.1 Å². The lowest BCUT2D eigenvalue weighted by Crippen LogP contribution is -1.99. The van der Waals surface area contributed by atoms with Crippen molar-refractivity contribution in [1.29, 1.82) is 0 Å². The average Bonchev–Trinajstić information content (AvgIpc) is 2.71. The van der Waals surface area contributed by atoms with Gasteiger partial charge in [0.15, 0.2) is 0 Å². The topological polar surface area (TPSA) is 74.7 Å². The van der Waals surface area contributed by atoms with Gasteiger partial charge < -0.3 is 15.7 Å². The number of anilines is 1. The van der Waals surface area contributed by atoms with Crippen molar-refractivity contribution in [2.24, 2.45) is 0 Å². The first kappa shape index (κ1) is 12.1. The molecule has 0 fully saturated rings. The zero-order valence-electron chi connectivity index (χ0n) is 9.63. The minimum atomic E-state index is -0.263. The van der Waals surface area contributed by atoms with E-state index in [9.17, 15) is 4.79 Å². The minimum absolute atomic E-state index is 0.263. The minimum Gasteiger partial charge on any atom is -0.398 e. The van der Waals surface area contributed by atoms with Crippen LogP contribution in [0.4, 0.5) is 5.69 Å². The normalized spacial score (nSPS) is 11.1. The molecule has 0 amide bonds. The molecular formula is C13H9Cl2N3O. The molecule has 0 aliphatic heterocycles. The summed E-state index contributed by atoms with van der Waals surface area (Å²) in [7, 11) is 0. The van der Waals surface area contributed by atoms with E-state index in [-0.39, 0.29) is 5.69 Å². The van der Waals surface area contributed by atoms with Crippen LogP contribution in [0.3, 0.4) is 0 Å². The van der Waals surface area contributed by atoms with Crippen LogP contribution < -0.4 is 11.4 Å². The van der Waals surface area contributed by atoms with E-state index in [1.54, 1.807) is 18.2 Å². The number of aromatic nitrogens is 2. The maximum Gasteiger partial charge on any atom is 0.323 e. The number of nitrogen functional groups attached to an aromatic ring is 1. The van der Waals surface area contributed by atoms with Crippen molar-refractivity contribution in [2.75, 3.05) is 5.73 Å². The van der Waals surface area contributed by atoms with E-state index in [1.165, 1.54) is 0 Å². The molecule has 1 heterocycles. The maximum atomic E-state index is 11.3. The van der Waals surface area contributed by atoms with Crippen LogP contribution in [0, 0.1) is 0 Å². The standard InChI is InChI=1S/C13H9Cl2N3O/c14-8-2-1-6(3-9(8)15)7-4-11-12(5-10(7)16)18-13(19)17-11/h1-5H,16H2,(H2,17,18,19). The number of halogens is 2. The van der Waals surface area contributed by atoms with Gasteiger partial charge in [-0.1, -0.05) is 29.3 Å². The summed E-state index contributed by atoms with van der Waals surface area (Å²) in [6.45, 7) is 0. The van der Waals surface area contributed by atoms with Gasteiger partial charge in [0.05, 0.1) is 21.1 Å². The Bertz CT molecular complexity index is 836. The number of nitrogens with two attached hydrogens (primary N) is 1. The maximum absolute atomic E-state index is 11.3. The molecule has 0 aliphatic carbocycles. The van der Waals surface area contributed by atoms with Gasteiger partial charge in [-0.2, -0.15) is 0 Å². The molecule has 19 heavy (non-hydrogen) atoms. The molecule has 0 aliphatic rings. The molecular weight excluding hydrogens is 285 g/mol. The molecule has 3 rings (SSSR count). The van der Waals surface area contributed by atoms with Crippen LogP contribution in [-0.4, -0.2) is 9.97 Å². The third-order valence-electron chi connectivity index (χ3n) is 2.92. The lowest BCUT2D eigenvalue weighted by Gasteiger charge is -2.07. The number of benzene rings is 2. The summed E-state index contributed by atoms with van der Waals surface area (Å²) in [6.07, 6.45) is 0. The summed E-state index contributed by atoms with van der Waals surface area (Å²) in [5.41, 5.74) is 9.30. The first-order valence-corrected chi connectivity index (χ1v) is 6.27. The number of imidazole rings is 1. The smallest absolute Gasteiger partial charge is 0.323 e. The van der Waals surface area contributed by atoms with Crippen molar-refractivity contribution in [3.63, 3.8) is 0 Å². The molecule has 0 spiro atoms. The van der Waals surface area contributed by atoms with Gasteiger partial charge in [0.25, 0.3) is 0 Å². The second kappa shape index (κ2) is 4.33. The van der Waals surface area contributed by atoms with Gasteiger partial charge in [-0.25, -0.2) is 4.79 Å². The Kier molecular flexibility index (Phi) is 2.77. The summed E-state index contributed by atoms with van der Waals surface area (Å²) >= 11 is 11.9. The third-order valence-corrected chi connectivity index (χ3v) is 3.66. The predicted octanol–water partition coefficient (Wildman–Crippen LogP) is 3.41. The summed E-state index contributed by atoms with van der Waals surface area (Å²) in [5, 5.41) is 0.946. The number of H-pyrrole nitrogens is 2. The third kappa shape index (κ3) is 2.09. The van der Waals surface area contributed by atoms with E-state index < -0.39 is 0 Å². The van der Waals surface area contributed by atoms with Crippen molar-refractivity contribution in [1.82, 2.24) is 9.97 Å². The Labute approximate surface area is 118 Å². The van der Waals surface area contributed by atoms with E-state index in [0.29, 0.717) is 26.8 Å². The van der Waals surface area contributed by atoms with Crippen LogP contribution in [0.25, 0.3) is 22.2 Å². The zero-order chi connectivity index (χ0) is 13.6. The second-order valence-corrected chi connectivity index (χ2v) is 5.01. The van der Waals surface area contributed by atoms with Crippen molar-refractivity contribution in [3.8, 4) is 11.1 Å². The SMILES string of the molecule is Nc1cc2[nH]c(=O)[nH]c2cc1-c1ccc(Cl)c(Cl)c1. The van der Waals surface area contributed by atoms with Crippen molar-refractivity contribution in [2.45, 2.75) is 0 Å². The Morgan fingerprint density at radius 1 is 0.947 bits per heavy atom.